The molecule has 2 aromatic rings. The number of carbonyl (C=O) groups is 2. The number of carbonyl (C=O) groups excluding carboxylic acids is 1. The summed E-state index contributed by atoms with van der Waals surface area (Å²) in [6.45, 7) is 3.27. The summed E-state index contributed by atoms with van der Waals surface area (Å²) in [4.78, 5) is 23.0. The molecule has 0 unspecified atom stereocenters. The molecule has 1 amide bonds. The third-order valence-corrected chi connectivity index (χ3v) is 3.88. The van der Waals surface area contributed by atoms with Crippen molar-refractivity contribution >= 4 is 27.8 Å². The van der Waals surface area contributed by atoms with Gasteiger partial charge >= 0.3 is 5.97 Å². The largest absolute Gasteiger partial charge is 0.486 e. The van der Waals surface area contributed by atoms with Gasteiger partial charge in [0.25, 0.3) is 5.91 Å². The van der Waals surface area contributed by atoms with Crippen LogP contribution in [0.5, 0.6) is 5.75 Å². The van der Waals surface area contributed by atoms with Crippen molar-refractivity contribution in [2.45, 2.75) is 20.5 Å². The van der Waals surface area contributed by atoms with Crippen molar-refractivity contribution in [2.24, 2.45) is 5.41 Å². The molecule has 2 rings (SSSR count). The first-order valence-electron chi connectivity index (χ1n) is 7.26. The van der Waals surface area contributed by atoms with Gasteiger partial charge in [0, 0.05) is 11.0 Å². The van der Waals surface area contributed by atoms with Crippen molar-refractivity contribution in [3.8, 4) is 5.75 Å². The maximum Gasteiger partial charge on any atom is 0.310 e. The van der Waals surface area contributed by atoms with Crippen LogP contribution in [0.4, 0.5) is 0 Å². The van der Waals surface area contributed by atoms with Gasteiger partial charge in [-0.05, 0) is 50.2 Å². The maximum absolute atomic E-state index is 12.0. The van der Waals surface area contributed by atoms with Crippen LogP contribution in [0, 0.1) is 5.41 Å². The van der Waals surface area contributed by atoms with Crippen LogP contribution in [0.25, 0.3) is 0 Å². The number of benzene rings is 1. The smallest absolute Gasteiger partial charge is 0.310 e. The minimum absolute atomic E-state index is 0.00654. The summed E-state index contributed by atoms with van der Waals surface area (Å²) in [6, 6.07) is 10.5. The van der Waals surface area contributed by atoms with E-state index < -0.39 is 17.3 Å². The summed E-state index contributed by atoms with van der Waals surface area (Å²) in [5.41, 5.74) is -1.05. The van der Waals surface area contributed by atoms with Crippen molar-refractivity contribution < 1.29 is 23.8 Å². The zero-order valence-corrected chi connectivity index (χ0v) is 14.9. The molecule has 1 heterocycles. The van der Waals surface area contributed by atoms with E-state index in [0.717, 1.165) is 4.47 Å². The Morgan fingerprint density at radius 3 is 2.50 bits per heavy atom. The molecule has 0 aliphatic heterocycles. The van der Waals surface area contributed by atoms with Crippen molar-refractivity contribution in [1.29, 1.82) is 0 Å². The van der Waals surface area contributed by atoms with Crippen molar-refractivity contribution in [3.05, 3.63) is 52.4 Å². The van der Waals surface area contributed by atoms with Gasteiger partial charge in [-0.15, -0.1) is 0 Å². The van der Waals surface area contributed by atoms with Gasteiger partial charge in [-0.2, -0.15) is 0 Å². The van der Waals surface area contributed by atoms with Gasteiger partial charge in [-0.25, -0.2) is 0 Å². The van der Waals surface area contributed by atoms with Crippen molar-refractivity contribution in [3.63, 3.8) is 0 Å². The number of furan rings is 1. The molecule has 7 heteroatoms. The van der Waals surface area contributed by atoms with E-state index in [0.29, 0.717) is 11.5 Å². The average Bonchev–Trinajstić information content (AvgIpc) is 3.01. The predicted octanol–water partition coefficient (Wildman–Crippen LogP) is 3.46. The van der Waals surface area contributed by atoms with Crippen LogP contribution in [0.1, 0.15) is 30.2 Å². The third kappa shape index (κ3) is 4.86. The first kappa shape index (κ1) is 18.1. The Morgan fingerprint density at radius 2 is 1.88 bits per heavy atom. The number of aliphatic carboxylic acids is 1. The topological polar surface area (TPSA) is 88.8 Å². The summed E-state index contributed by atoms with van der Waals surface area (Å²) < 4.78 is 11.9. The Hall–Kier alpha value is -2.28. The van der Waals surface area contributed by atoms with E-state index in [1.165, 1.54) is 19.9 Å². The lowest BCUT2D eigenvalue weighted by Gasteiger charge is -2.18. The summed E-state index contributed by atoms with van der Waals surface area (Å²) in [7, 11) is 0. The highest BCUT2D eigenvalue weighted by Crippen LogP contribution is 2.18. The van der Waals surface area contributed by atoms with Crippen LogP contribution in [0.3, 0.4) is 0 Å². The summed E-state index contributed by atoms with van der Waals surface area (Å²) in [5.74, 6) is -0.139. The molecule has 24 heavy (non-hydrogen) atoms. The van der Waals surface area contributed by atoms with Crippen LogP contribution >= 0.6 is 15.9 Å². The lowest BCUT2D eigenvalue weighted by molar-refractivity contribution is -0.146. The minimum Gasteiger partial charge on any atom is -0.486 e. The van der Waals surface area contributed by atoms with E-state index in [-0.39, 0.29) is 18.9 Å². The van der Waals surface area contributed by atoms with E-state index >= 15 is 0 Å². The van der Waals surface area contributed by atoms with Crippen LogP contribution in [-0.2, 0) is 11.4 Å². The van der Waals surface area contributed by atoms with Gasteiger partial charge in [-0.3, -0.25) is 9.59 Å². The fourth-order valence-electron chi connectivity index (χ4n) is 1.73. The lowest BCUT2D eigenvalue weighted by atomic mass is 9.94. The number of rotatable bonds is 7. The first-order valence-corrected chi connectivity index (χ1v) is 8.06. The monoisotopic (exact) mass is 395 g/mol. The molecular formula is C17H18BrNO5. The quantitative estimate of drug-likeness (QED) is 0.748. The van der Waals surface area contributed by atoms with Crippen molar-refractivity contribution in [1.82, 2.24) is 5.32 Å². The number of hydrogen-bond donors (Lipinski definition) is 2. The zero-order chi connectivity index (χ0) is 17.7. The molecule has 0 fully saturated rings. The fourth-order valence-corrected chi connectivity index (χ4v) is 1.99. The molecule has 0 atom stereocenters. The van der Waals surface area contributed by atoms with Crippen LogP contribution < -0.4 is 10.1 Å². The van der Waals surface area contributed by atoms with E-state index in [4.69, 9.17) is 14.3 Å². The second-order valence-corrected chi connectivity index (χ2v) is 6.80. The zero-order valence-electron chi connectivity index (χ0n) is 13.3. The Kier molecular flexibility index (Phi) is 5.66. The van der Waals surface area contributed by atoms with Gasteiger partial charge in [0.15, 0.2) is 5.76 Å². The Balaban J connectivity index is 1.89. The van der Waals surface area contributed by atoms with E-state index in [1.54, 1.807) is 6.07 Å². The SMILES string of the molecule is CC(C)(CNC(=O)c1ccc(COc2ccc(Br)cc2)o1)C(=O)O. The van der Waals surface area contributed by atoms with Crippen LogP contribution in [0.2, 0.25) is 0 Å². The number of nitrogens with one attached hydrogen (secondary N) is 1. The molecule has 0 bridgehead atoms. The molecule has 0 saturated carbocycles. The highest BCUT2D eigenvalue weighted by Gasteiger charge is 2.28. The molecule has 0 aliphatic rings. The molecule has 2 N–H and O–H groups in total. The van der Waals surface area contributed by atoms with Gasteiger partial charge in [-0.1, -0.05) is 15.9 Å². The summed E-state index contributed by atoms with van der Waals surface area (Å²) in [5, 5.41) is 11.6. The molecule has 1 aromatic heterocycles. The van der Waals surface area contributed by atoms with Gasteiger partial charge in [0.2, 0.25) is 0 Å². The molecule has 6 nitrogen and oxygen atoms in total. The molecular weight excluding hydrogens is 378 g/mol. The first-order chi connectivity index (χ1) is 11.3. The maximum atomic E-state index is 12.0. The number of carboxylic acids is 1. The van der Waals surface area contributed by atoms with Gasteiger partial charge in [0.05, 0.1) is 5.41 Å². The standard InChI is InChI=1S/C17H18BrNO5/c1-17(2,16(21)22)10-19-15(20)14-8-7-13(24-14)9-23-12-5-3-11(18)4-6-12/h3-8H,9-10H2,1-2H3,(H,19,20)(H,21,22). The van der Waals surface area contributed by atoms with Crippen molar-refractivity contribution in [2.75, 3.05) is 6.54 Å². The number of amides is 1. The molecule has 128 valence electrons. The lowest BCUT2D eigenvalue weighted by Crippen LogP contribution is -2.38. The second-order valence-electron chi connectivity index (χ2n) is 5.88. The summed E-state index contributed by atoms with van der Waals surface area (Å²) in [6.07, 6.45) is 0. The number of halogens is 1. The molecule has 0 aliphatic carbocycles. The van der Waals surface area contributed by atoms with Gasteiger partial charge < -0.3 is 19.6 Å². The fraction of sp³-hybridized carbons (Fsp3) is 0.294. The van der Waals surface area contributed by atoms with Crippen LogP contribution in [-0.4, -0.2) is 23.5 Å². The molecule has 0 spiro atoms. The van der Waals surface area contributed by atoms with Gasteiger partial charge in [0.1, 0.15) is 18.1 Å². The number of carboxylic acid groups (broad SMARTS) is 1. The number of hydrogen-bond acceptors (Lipinski definition) is 4. The van der Waals surface area contributed by atoms with E-state index in [2.05, 4.69) is 21.2 Å². The Labute approximate surface area is 147 Å². The second kappa shape index (κ2) is 7.53. The highest BCUT2D eigenvalue weighted by atomic mass is 79.9. The highest BCUT2D eigenvalue weighted by molar-refractivity contribution is 9.10. The predicted molar refractivity (Wildman–Crippen MR) is 90.9 cm³/mol. The average molecular weight is 396 g/mol. The number of ether oxygens (including phenoxy) is 1. The Morgan fingerprint density at radius 1 is 1.21 bits per heavy atom. The van der Waals surface area contributed by atoms with Crippen LogP contribution in [0.15, 0.2) is 45.3 Å². The molecule has 0 radical (unpaired) electrons. The third-order valence-electron chi connectivity index (χ3n) is 3.35. The van der Waals surface area contributed by atoms with E-state index in [1.807, 2.05) is 24.3 Å². The minimum atomic E-state index is -1.05. The van der Waals surface area contributed by atoms with E-state index in [9.17, 15) is 9.59 Å². The molecule has 0 saturated heterocycles. The Bertz CT molecular complexity index is 721. The molecule has 1 aromatic carbocycles. The summed E-state index contributed by atoms with van der Waals surface area (Å²) >= 11 is 3.34. The normalized spacial score (nSPS) is 11.1.